The second-order valence-electron chi connectivity index (χ2n) is 4.55. The lowest BCUT2D eigenvalue weighted by Gasteiger charge is -2.20. The van der Waals surface area contributed by atoms with Crippen molar-refractivity contribution in [1.29, 1.82) is 0 Å². The lowest BCUT2D eigenvalue weighted by Crippen LogP contribution is -2.34. The molecule has 0 aliphatic carbocycles. The van der Waals surface area contributed by atoms with Gasteiger partial charge in [-0.05, 0) is 25.2 Å². The van der Waals surface area contributed by atoms with Gasteiger partial charge in [0.1, 0.15) is 12.4 Å². The van der Waals surface area contributed by atoms with Gasteiger partial charge in [0.2, 0.25) is 0 Å². The van der Waals surface area contributed by atoms with Gasteiger partial charge in [0.15, 0.2) is 0 Å². The lowest BCUT2D eigenvalue weighted by atomic mass is 10.2. The number of benzene rings is 1. The van der Waals surface area contributed by atoms with E-state index in [-0.39, 0.29) is 5.56 Å². The summed E-state index contributed by atoms with van der Waals surface area (Å²) in [7, 11) is 3.41. The van der Waals surface area contributed by atoms with Gasteiger partial charge in [0.05, 0.1) is 18.3 Å². The summed E-state index contributed by atoms with van der Waals surface area (Å²) in [6.07, 6.45) is -0.527. The Bertz CT molecular complexity index is 424. The number of carbonyl (C=O) groups is 1. The van der Waals surface area contributed by atoms with Gasteiger partial charge in [-0.1, -0.05) is 6.07 Å². The number of aliphatic hydroxyl groups excluding tert-OH is 1. The maximum Gasteiger partial charge on any atom is 0.335 e. The lowest BCUT2D eigenvalue weighted by molar-refractivity contribution is 0.0409. The van der Waals surface area contributed by atoms with Crippen LogP contribution in [-0.2, 0) is 4.74 Å². The number of hydrogen-bond acceptors (Lipinski definition) is 5. The molecule has 1 unspecified atom stereocenters. The minimum atomic E-state index is -0.977. The summed E-state index contributed by atoms with van der Waals surface area (Å²) in [4.78, 5) is 12.7. The third-order valence-electron chi connectivity index (χ3n) is 2.70. The molecule has 2 N–H and O–H groups in total. The van der Waals surface area contributed by atoms with Crippen molar-refractivity contribution < 1.29 is 24.5 Å². The van der Waals surface area contributed by atoms with Crippen LogP contribution in [-0.4, -0.2) is 67.6 Å². The van der Waals surface area contributed by atoms with Crippen molar-refractivity contribution in [2.24, 2.45) is 0 Å². The fourth-order valence-electron chi connectivity index (χ4n) is 1.73. The number of ether oxygens (including phenoxy) is 2. The summed E-state index contributed by atoms with van der Waals surface area (Å²) >= 11 is 0. The van der Waals surface area contributed by atoms with Gasteiger partial charge in [-0.3, -0.25) is 0 Å². The SMILES string of the molecule is COCC(O)CN(C)CCOc1cccc(C(=O)O)c1. The first kappa shape index (κ1) is 16.4. The van der Waals surface area contributed by atoms with Crippen molar-refractivity contribution in [3.8, 4) is 5.75 Å². The van der Waals surface area contributed by atoms with Gasteiger partial charge in [0, 0.05) is 20.2 Å². The summed E-state index contributed by atoms with van der Waals surface area (Å²) in [5.41, 5.74) is 0.200. The highest BCUT2D eigenvalue weighted by atomic mass is 16.5. The van der Waals surface area contributed by atoms with E-state index in [1.807, 2.05) is 11.9 Å². The Balaban J connectivity index is 2.33. The van der Waals surface area contributed by atoms with Crippen molar-refractivity contribution in [1.82, 2.24) is 4.90 Å². The van der Waals surface area contributed by atoms with Crippen LogP contribution in [0.25, 0.3) is 0 Å². The van der Waals surface area contributed by atoms with Crippen LogP contribution in [0, 0.1) is 0 Å². The predicted octanol–water partition coefficient (Wildman–Crippen LogP) is 0.703. The first-order valence-electron chi connectivity index (χ1n) is 6.34. The molecule has 0 amide bonds. The van der Waals surface area contributed by atoms with E-state index in [2.05, 4.69) is 0 Å². The Kier molecular flexibility index (Phi) is 7.00. The van der Waals surface area contributed by atoms with Crippen LogP contribution < -0.4 is 4.74 Å². The Hall–Kier alpha value is -1.63. The van der Waals surface area contributed by atoms with Gasteiger partial charge in [0.25, 0.3) is 0 Å². The number of aliphatic hydroxyl groups is 1. The number of likely N-dealkylation sites (N-methyl/N-ethyl adjacent to an activating group) is 1. The molecule has 112 valence electrons. The van der Waals surface area contributed by atoms with Crippen molar-refractivity contribution in [2.45, 2.75) is 6.10 Å². The summed E-state index contributed by atoms with van der Waals surface area (Å²) in [5.74, 6) is -0.453. The number of carboxylic acids is 1. The Labute approximate surface area is 118 Å². The topological polar surface area (TPSA) is 79.2 Å². The summed E-state index contributed by atoms with van der Waals surface area (Å²) in [6, 6.07) is 6.36. The van der Waals surface area contributed by atoms with Crippen LogP contribution in [0.4, 0.5) is 0 Å². The molecule has 1 rings (SSSR count). The minimum Gasteiger partial charge on any atom is -0.492 e. The van der Waals surface area contributed by atoms with E-state index in [0.29, 0.717) is 32.1 Å². The van der Waals surface area contributed by atoms with Crippen molar-refractivity contribution >= 4 is 5.97 Å². The van der Waals surface area contributed by atoms with E-state index in [1.54, 1.807) is 19.2 Å². The smallest absolute Gasteiger partial charge is 0.335 e. The van der Waals surface area contributed by atoms with E-state index in [0.717, 1.165) is 0 Å². The van der Waals surface area contributed by atoms with E-state index >= 15 is 0 Å². The van der Waals surface area contributed by atoms with Gasteiger partial charge in [-0.15, -0.1) is 0 Å². The molecule has 0 spiro atoms. The van der Waals surface area contributed by atoms with E-state index in [4.69, 9.17) is 14.6 Å². The molecular weight excluding hydrogens is 262 g/mol. The maximum absolute atomic E-state index is 10.8. The first-order valence-corrected chi connectivity index (χ1v) is 6.34. The molecule has 0 saturated heterocycles. The molecule has 6 heteroatoms. The minimum absolute atomic E-state index is 0.200. The van der Waals surface area contributed by atoms with Gasteiger partial charge in [-0.2, -0.15) is 0 Å². The predicted molar refractivity (Wildman–Crippen MR) is 74.3 cm³/mol. The molecule has 1 atom stereocenters. The van der Waals surface area contributed by atoms with Crippen LogP contribution in [0.5, 0.6) is 5.75 Å². The molecule has 6 nitrogen and oxygen atoms in total. The monoisotopic (exact) mass is 283 g/mol. The summed E-state index contributed by atoms with van der Waals surface area (Å²) < 4.78 is 10.3. The van der Waals surface area contributed by atoms with Crippen LogP contribution in [0.3, 0.4) is 0 Å². The molecule has 0 aliphatic rings. The fraction of sp³-hybridized carbons (Fsp3) is 0.500. The van der Waals surface area contributed by atoms with Crippen molar-refractivity contribution in [3.05, 3.63) is 29.8 Å². The third-order valence-corrected chi connectivity index (χ3v) is 2.70. The molecule has 0 fully saturated rings. The molecule has 1 aromatic carbocycles. The third kappa shape index (κ3) is 6.01. The molecule has 0 heterocycles. The largest absolute Gasteiger partial charge is 0.492 e. The van der Waals surface area contributed by atoms with Crippen LogP contribution in [0.2, 0.25) is 0 Å². The highest BCUT2D eigenvalue weighted by molar-refractivity contribution is 5.87. The number of hydrogen-bond donors (Lipinski definition) is 2. The highest BCUT2D eigenvalue weighted by Crippen LogP contribution is 2.13. The summed E-state index contributed by atoms with van der Waals surface area (Å²) in [5, 5.41) is 18.4. The Morgan fingerprint density at radius 1 is 1.45 bits per heavy atom. The van der Waals surface area contributed by atoms with Crippen LogP contribution in [0.15, 0.2) is 24.3 Å². The van der Waals surface area contributed by atoms with Gasteiger partial charge >= 0.3 is 5.97 Å². The standard InChI is InChI=1S/C14H21NO5/c1-15(9-12(16)10-19-2)6-7-20-13-5-3-4-11(8-13)14(17)18/h3-5,8,12,16H,6-7,9-10H2,1-2H3,(H,17,18). The molecule has 0 radical (unpaired) electrons. The highest BCUT2D eigenvalue weighted by Gasteiger charge is 2.08. The van der Waals surface area contributed by atoms with E-state index in [1.165, 1.54) is 12.1 Å². The zero-order valence-corrected chi connectivity index (χ0v) is 11.8. The second kappa shape index (κ2) is 8.52. The second-order valence-corrected chi connectivity index (χ2v) is 4.55. The zero-order chi connectivity index (χ0) is 15.0. The Morgan fingerprint density at radius 2 is 2.20 bits per heavy atom. The average molecular weight is 283 g/mol. The summed E-state index contributed by atoms with van der Waals surface area (Å²) in [6.45, 7) is 1.83. The first-order chi connectivity index (χ1) is 9.52. The Morgan fingerprint density at radius 3 is 2.85 bits per heavy atom. The molecule has 0 bridgehead atoms. The van der Waals surface area contributed by atoms with Crippen molar-refractivity contribution in [3.63, 3.8) is 0 Å². The van der Waals surface area contributed by atoms with Gasteiger partial charge in [-0.25, -0.2) is 4.79 Å². The quantitative estimate of drug-likeness (QED) is 0.694. The number of nitrogens with zero attached hydrogens (tertiary/aromatic N) is 1. The molecule has 1 aromatic rings. The maximum atomic E-state index is 10.8. The number of carboxylic acid groups (broad SMARTS) is 1. The molecule has 0 aliphatic heterocycles. The van der Waals surface area contributed by atoms with Gasteiger partial charge < -0.3 is 24.6 Å². The number of aromatic carboxylic acids is 1. The normalized spacial score (nSPS) is 12.4. The molecule has 0 aromatic heterocycles. The molecular formula is C14H21NO5. The van der Waals surface area contributed by atoms with E-state index < -0.39 is 12.1 Å². The molecule has 20 heavy (non-hydrogen) atoms. The number of methoxy groups -OCH3 is 1. The van der Waals surface area contributed by atoms with E-state index in [9.17, 15) is 9.90 Å². The molecule has 0 saturated carbocycles. The zero-order valence-electron chi connectivity index (χ0n) is 11.8. The van der Waals surface area contributed by atoms with Crippen LogP contribution in [0.1, 0.15) is 10.4 Å². The number of rotatable bonds is 9. The average Bonchev–Trinajstić information content (AvgIpc) is 2.39. The van der Waals surface area contributed by atoms with Crippen LogP contribution >= 0.6 is 0 Å². The fourth-order valence-corrected chi connectivity index (χ4v) is 1.73. The van der Waals surface area contributed by atoms with Crippen molar-refractivity contribution in [2.75, 3.05) is 40.5 Å².